The zero-order valence-electron chi connectivity index (χ0n) is 20.5. The van der Waals surface area contributed by atoms with Crippen LogP contribution < -0.4 is 20.1 Å². The Morgan fingerprint density at radius 3 is 2.61 bits per heavy atom. The normalized spacial score (nSPS) is 10.9. The molecule has 2 N–H and O–H groups in total. The minimum absolute atomic E-state index is 0.0779. The van der Waals surface area contributed by atoms with E-state index in [9.17, 15) is 14.0 Å². The summed E-state index contributed by atoms with van der Waals surface area (Å²) in [5.74, 6) is 0.820. The molecule has 190 valence electrons. The number of aryl methyl sites for hydroxylation is 1. The van der Waals surface area contributed by atoms with E-state index in [0.29, 0.717) is 34.7 Å². The predicted octanol–water partition coefficient (Wildman–Crippen LogP) is 3.82. The van der Waals surface area contributed by atoms with Crippen LogP contribution in [0.4, 0.5) is 10.1 Å². The SMILES string of the molecule is CCn1c(CNC(=O)/C=C/c2ccc(OC)c(OC)c2)nnc1SCC(=O)Nc1cc(F)ccc1C. The number of anilines is 1. The van der Waals surface area contributed by atoms with E-state index in [1.165, 1.54) is 30.0 Å². The minimum Gasteiger partial charge on any atom is -0.493 e. The van der Waals surface area contributed by atoms with E-state index in [1.54, 1.807) is 45.4 Å². The van der Waals surface area contributed by atoms with Gasteiger partial charge in [-0.2, -0.15) is 0 Å². The van der Waals surface area contributed by atoms with Crippen molar-refractivity contribution in [2.45, 2.75) is 32.1 Å². The van der Waals surface area contributed by atoms with Crippen molar-refractivity contribution in [1.29, 1.82) is 0 Å². The van der Waals surface area contributed by atoms with Crippen LogP contribution in [0, 0.1) is 12.7 Å². The number of hydrogen-bond acceptors (Lipinski definition) is 7. The first-order valence-electron chi connectivity index (χ1n) is 11.1. The van der Waals surface area contributed by atoms with Crippen molar-refractivity contribution in [3.05, 3.63) is 65.2 Å². The summed E-state index contributed by atoms with van der Waals surface area (Å²) in [6.45, 7) is 4.45. The van der Waals surface area contributed by atoms with Gasteiger partial charge in [-0.1, -0.05) is 23.9 Å². The first-order chi connectivity index (χ1) is 17.3. The second-order valence-electron chi connectivity index (χ2n) is 7.60. The van der Waals surface area contributed by atoms with Gasteiger partial charge in [-0.3, -0.25) is 9.59 Å². The van der Waals surface area contributed by atoms with Crippen molar-refractivity contribution in [2.24, 2.45) is 0 Å². The Bertz CT molecular complexity index is 1260. The second kappa shape index (κ2) is 12.7. The number of carbonyl (C=O) groups is 2. The number of nitrogens with one attached hydrogen (secondary N) is 2. The number of benzene rings is 2. The molecule has 0 unspecified atom stereocenters. The highest BCUT2D eigenvalue weighted by Gasteiger charge is 2.14. The Kier molecular flexibility index (Phi) is 9.46. The van der Waals surface area contributed by atoms with Crippen LogP contribution >= 0.6 is 11.8 Å². The number of nitrogens with zero attached hydrogens (tertiary/aromatic N) is 3. The molecular weight excluding hydrogens is 485 g/mol. The molecule has 0 saturated heterocycles. The molecule has 3 aromatic rings. The van der Waals surface area contributed by atoms with E-state index in [2.05, 4.69) is 20.8 Å². The molecule has 0 aliphatic heterocycles. The number of thioether (sulfide) groups is 1. The Balaban J connectivity index is 1.55. The van der Waals surface area contributed by atoms with Crippen molar-refractivity contribution in [1.82, 2.24) is 20.1 Å². The maximum Gasteiger partial charge on any atom is 0.244 e. The molecule has 1 heterocycles. The van der Waals surface area contributed by atoms with E-state index in [1.807, 2.05) is 17.6 Å². The lowest BCUT2D eigenvalue weighted by Gasteiger charge is -2.09. The molecule has 11 heteroatoms. The number of halogens is 1. The van der Waals surface area contributed by atoms with Gasteiger partial charge in [0, 0.05) is 18.3 Å². The maximum atomic E-state index is 13.5. The van der Waals surface area contributed by atoms with Crippen LogP contribution in [0.1, 0.15) is 23.9 Å². The van der Waals surface area contributed by atoms with Gasteiger partial charge in [0.15, 0.2) is 22.5 Å². The third kappa shape index (κ3) is 7.08. The van der Waals surface area contributed by atoms with Gasteiger partial charge in [0.05, 0.1) is 26.5 Å². The summed E-state index contributed by atoms with van der Waals surface area (Å²) in [6.07, 6.45) is 3.09. The highest BCUT2D eigenvalue weighted by atomic mass is 32.2. The van der Waals surface area contributed by atoms with Crippen molar-refractivity contribution in [3.8, 4) is 11.5 Å². The van der Waals surface area contributed by atoms with Gasteiger partial charge in [-0.25, -0.2) is 4.39 Å². The van der Waals surface area contributed by atoms with Crippen LogP contribution in [-0.4, -0.2) is 46.6 Å². The van der Waals surface area contributed by atoms with Crippen LogP contribution in [0.15, 0.2) is 47.6 Å². The molecular formula is C25H28FN5O4S. The van der Waals surface area contributed by atoms with E-state index in [-0.39, 0.29) is 24.1 Å². The third-order valence-corrected chi connectivity index (χ3v) is 6.14. The van der Waals surface area contributed by atoms with Crippen LogP contribution in [0.3, 0.4) is 0 Å². The highest BCUT2D eigenvalue weighted by Crippen LogP contribution is 2.28. The number of methoxy groups -OCH3 is 2. The topological polar surface area (TPSA) is 107 Å². The standard InChI is InChI=1S/C25H28FN5O4S/c1-5-31-22(14-27-23(32)11-8-17-7-10-20(34-3)21(12-17)35-4)29-30-25(31)36-15-24(33)28-19-13-18(26)9-6-16(19)2/h6-13H,5,14-15H2,1-4H3,(H,27,32)(H,28,33)/b11-8+. The van der Waals surface area contributed by atoms with Crippen molar-refractivity contribution in [2.75, 3.05) is 25.3 Å². The minimum atomic E-state index is -0.417. The molecule has 1 aromatic heterocycles. The van der Waals surface area contributed by atoms with E-state index in [4.69, 9.17) is 9.47 Å². The first-order valence-corrected chi connectivity index (χ1v) is 12.1. The zero-order chi connectivity index (χ0) is 26.1. The molecule has 3 rings (SSSR count). The van der Waals surface area contributed by atoms with Gasteiger partial charge in [0.1, 0.15) is 5.82 Å². The molecule has 0 aliphatic carbocycles. The number of amides is 2. The molecule has 0 spiro atoms. The molecule has 0 aliphatic rings. The van der Waals surface area contributed by atoms with Crippen molar-refractivity contribution < 1.29 is 23.5 Å². The first kappa shape index (κ1) is 26.7. The Morgan fingerprint density at radius 2 is 1.89 bits per heavy atom. The number of aromatic nitrogens is 3. The zero-order valence-corrected chi connectivity index (χ0v) is 21.3. The lowest BCUT2D eigenvalue weighted by Crippen LogP contribution is -2.22. The number of hydrogen-bond donors (Lipinski definition) is 2. The summed E-state index contributed by atoms with van der Waals surface area (Å²) < 4.78 is 25.8. The predicted molar refractivity (Wildman–Crippen MR) is 137 cm³/mol. The second-order valence-corrected chi connectivity index (χ2v) is 8.55. The van der Waals surface area contributed by atoms with Crippen molar-refractivity contribution >= 4 is 35.3 Å². The van der Waals surface area contributed by atoms with Gasteiger partial charge in [-0.15, -0.1) is 10.2 Å². The van der Waals surface area contributed by atoms with E-state index >= 15 is 0 Å². The number of rotatable bonds is 11. The molecule has 0 bridgehead atoms. The summed E-state index contributed by atoms with van der Waals surface area (Å²) in [6, 6.07) is 9.58. The average Bonchev–Trinajstić information content (AvgIpc) is 3.28. The van der Waals surface area contributed by atoms with Crippen LogP contribution in [0.5, 0.6) is 11.5 Å². The van der Waals surface area contributed by atoms with Gasteiger partial charge in [0.25, 0.3) is 0 Å². The highest BCUT2D eigenvalue weighted by molar-refractivity contribution is 7.99. The lowest BCUT2D eigenvalue weighted by molar-refractivity contribution is -0.116. The molecule has 0 radical (unpaired) electrons. The van der Waals surface area contributed by atoms with Crippen LogP contribution in [-0.2, 0) is 22.7 Å². The summed E-state index contributed by atoms with van der Waals surface area (Å²) in [4.78, 5) is 24.7. The molecule has 2 aromatic carbocycles. The molecule has 0 fully saturated rings. The molecule has 36 heavy (non-hydrogen) atoms. The Labute approximate surface area is 213 Å². The van der Waals surface area contributed by atoms with Gasteiger partial charge in [-0.05, 0) is 55.3 Å². The Hall–Kier alpha value is -3.86. The molecule has 2 amide bonds. The fraction of sp³-hybridized carbons (Fsp3) is 0.280. The fourth-order valence-electron chi connectivity index (χ4n) is 3.27. The maximum absolute atomic E-state index is 13.5. The largest absolute Gasteiger partial charge is 0.493 e. The summed E-state index contributed by atoms with van der Waals surface area (Å²) in [5, 5.41) is 14.3. The average molecular weight is 514 g/mol. The van der Waals surface area contributed by atoms with Crippen LogP contribution in [0.2, 0.25) is 0 Å². The molecule has 9 nitrogen and oxygen atoms in total. The molecule has 0 saturated carbocycles. The van der Waals surface area contributed by atoms with Gasteiger partial charge in [0.2, 0.25) is 11.8 Å². The summed E-state index contributed by atoms with van der Waals surface area (Å²) in [5.41, 5.74) is 1.98. The van der Waals surface area contributed by atoms with Gasteiger partial charge < -0.3 is 24.7 Å². The monoisotopic (exact) mass is 513 g/mol. The number of ether oxygens (including phenoxy) is 2. The Morgan fingerprint density at radius 1 is 1.11 bits per heavy atom. The van der Waals surface area contributed by atoms with E-state index in [0.717, 1.165) is 11.1 Å². The summed E-state index contributed by atoms with van der Waals surface area (Å²) in [7, 11) is 3.11. The number of carbonyl (C=O) groups excluding carboxylic acids is 2. The fourth-order valence-corrected chi connectivity index (χ4v) is 4.09. The lowest BCUT2D eigenvalue weighted by atomic mass is 10.2. The van der Waals surface area contributed by atoms with Gasteiger partial charge >= 0.3 is 0 Å². The van der Waals surface area contributed by atoms with E-state index < -0.39 is 5.82 Å². The third-order valence-electron chi connectivity index (χ3n) is 5.17. The van der Waals surface area contributed by atoms with Crippen LogP contribution in [0.25, 0.3) is 6.08 Å². The van der Waals surface area contributed by atoms with Crippen molar-refractivity contribution in [3.63, 3.8) is 0 Å². The molecule has 0 atom stereocenters. The quantitative estimate of drug-likeness (QED) is 0.296. The summed E-state index contributed by atoms with van der Waals surface area (Å²) >= 11 is 1.21. The smallest absolute Gasteiger partial charge is 0.244 e.